The number of carbonyl (C=O) groups excluding carboxylic acids is 1. The molecule has 0 bridgehead atoms. The Morgan fingerprint density at radius 2 is 2.24 bits per heavy atom. The first kappa shape index (κ1) is 13.6. The van der Waals surface area contributed by atoms with E-state index in [0.29, 0.717) is 11.4 Å². The van der Waals surface area contributed by atoms with Gasteiger partial charge in [-0.1, -0.05) is 6.92 Å². The number of nitrogens with two attached hydrogens (primary N) is 1. The van der Waals surface area contributed by atoms with E-state index in [9.17, 15) is 4.79 Å². The van der Waals surface area contributed by atoms with Crippen molar-refractivity contribution >= 4 is 11.6 Å². The Morgan fingerprint density at radius 1 is 1.59 bits per heavy atom. The quantitative estimate of drug-likeness (QED) is 0.716. The van der Waals surface area contributed by atoms with Crippen LogP contribution in [0.25, 0.3) is 0 Å². The maximum Gasteiger partial charge on any atom is 0.268 e. The van der Waals surface area contributed by atoms with E-state index in [4.69, 9.17) is 10.8 Å². The van der Waals surface area contributed by atoms with Crippen LogP contribution in [0.15, 0.2) is 12.3 Å². The predicted molar refractivity (Wildman–Crippen MR) is 67.8 cm³/mol. The van der Waals surface area contributed by atoms with E-state index in [1.54, 1.807) is 26.1 Å². The molecule has 1 aromatic heterocycles. The molecule has 96 valence electrons. The summed E-state index contributed by atoms with van der Waals surface area (Å²) in [5.74, 6) is -0.214. The van der Waals surface area contributed by atoms with Crippen molar-refractivity contribution in [1.82, 2.24) is 9.88 Å². The number of hydrogen-bond donors (Lipinski definition) is 3. The van der Waals surface area contributed by atoms with Crippen LogP contribution in [0.1, 0.15) is 37.7 Å². The first-order valence-corrected chi connectivity index (χ1v) is 5.78. The van der Waals surface area contributed by atoms with Crippen molar-refractivity contribution in [3.05, 3.63) is 18.0 Å². The lowest BCUT2D eigenvalue weighted by molar-refractivity contribution is 0.0859. The second-order valence-electron chi connectivity index (χ2n) is 4.85. The number of nitrogens with one attached hydrogen (secondary N) is 1. The molecule has 0 atom stereocenters. The minimum atomic E-state index is -0.632. The molecule has 0 aliphatic carbocycles. The second-order valence-corrected chi connectivity index (χ2v) is 4.85. The third-order valence-corrected chi connectivity index (χ3v) is 2.46. The van der Waals surface area contributed by atoms with Crippen molar-refractivity contribution in [3.63, 3.8) is 0 Å². The molecule has 4 N–H and O–H groups in total. The Kier molecular flexibility index (Phi) is 4.17. The summed E-state index contributed by atoms with van der Waals surface area (Å²) in [6.45, 7) is 6.21. The van der Waals surface area contributed by atoms with Crippen LogP contribution in [0.2, 0.25) is 0 Å². The molecule has 0 spiro atoms. The van der Waals surface area contributed by atoms with Gasteiger partial charge in [0.25, 0.3) is 5.91 Å². The van der Waals surface area contributed by atoms with Gasteiger partial charge in [0.05, 0.1) is 17.8 Å². The Balaban J connectivity index is 2.88. The average molecular weight is 239 g/mol. The van der Waals surface area contributed by atoms with Gasteiger partial charge in [-0.3, -0.25) is 4.79 Å². The van der Waals surface area contributed by atoms with E-state index in [1.807, 2.05) is 11.5 Å². The highest BCUT2D eigenvalue weighted by molar-refractivity contribution is 5.94. The second kappa shape index (κ2) is 5.23. The number of aromatic nitrogens is 1. The minimum absolute atomic E-state index is 0.108. The SMILES string of the molecule is CCCn1cc(N)cc1C(=O)NC(C)(C)CO. The van der Waals surface area contributed by atoms with E-state index >= 15 is 0 Å². The lowest BCUT2D eigenvalue weighted by Crippen LogP contribution is -2.46. The maximum atomic E-state index is 12.0. The molecular weight excluding hydrogens is 218 g/mol. The van der Waals surface area contributed by atoms with Gasteiger partial charge in [-0.15, -0.1) is 0 Å². The molecule has 1 heterocycles. The highest BCUT2D eigenvalue weighted by atomic mass is 16.3. The zero-order valence-corrected chi connectivity index (χ0v) is 10.7. The number of rotatable bonds is 5. The van der Waals surface area contributed by atoms with E-state index < -0.39 is 5.54 Å². The van der Waals surface area contributed by atoms with Crippen molar-refractivity contribution in [2.45, 2.75) is 39.3 Å². The summed E-state index contributed by atoms with van der Waals surface area (Å²) in [7, 11) is 0. The first-order valence-electron chi connectivity index (χ1n) is 5.78. The van der Waals surface area contributed by atoms with Gasteiger partial charge in [0.15, 0.2) is 0 Å². The van der Waals surface area contributed by atoms with Gasteiger partial charge in [-0.25, -0.2) is 0 Å². The van der Waals surface area contributed by atoms with Crippen LogP contribution in [0, 0.1) is 0 Å². The van der Waals surface area contributed by atoms with Crippen molar-refractivity contribution in [3.8, 4) is 0 Å². The predicted octanol–water partition coefficient (Wildman–Crippen LogP) is 0.981. The van der Waals surface area contributed by atoms with Crippen LogP contribution >= 0.6 is 0 Å². The highest BCUT2D eigenvalue weighted by Gasteiger charge is 2.22. The number of aliphatic hydroxyl groups is 1. The molecule has 0 aliphatic heterocycles. The molecule has 1 rings (SSSR count). The molecule has 0 radical (unpaired) electrons. The molecule has 0 saturated carbocycles. The molecule has 5 nitrogen and oxygen atoms in total. The number of amides is 1. The summed E-state index contributed by atoms with van der Waals surface area (Å²) in [6, 6.07) is 1.65. The molecular formula is C12H21N3O2. The largest absolute Gasteiger partial charge is 0.397 e. The van der Waals surface area contributed by atoms with Gasteiger partial charge in [0.1, 0.15) is 5.69 Å². The summed E-state index contributed by atoms with van der Waals surface area (Å²) in [6.07, 6.45) is 2.68. The lowest BCUT2D eigenvalue weighted by atomic mass is 10.1. The molecule has 0 aromatic carbocycles. The van der Waals surface area contributed by atoms with Crippen LogP contribution in [0.3, 0.4) is 0 Å². The van der Waals surface area contributed by atoms with Gasteiger partial charge in [0.2, 0.25) is 0 Å². The third kappa shape index (κ3) is 3.49. The number of aliphatic hydroxyl groups excluding tert-OH is 1. The number of nitrogens with zero attached hydrogens (tertiary/aromatic N) is 1. The monoisotopic (exact) mass is 239 g/mol. The van der Waals surface area contributed by atoms with E-state index in [2.05, 4.69) is 5.32 Å². The van der Waals surface area contributed by atoms with Gasteiger partial charge in [0, 0.05) is 12.7 Å². The normalized spacial score (nSPS) is 11.5. The Bertz CT molecular complexity index is 396. The van der Waals surface area contributed by atoms with Crippen LogP contribution in [0.4, 0.5) is 5.69 Å². The van der Waals surface area contributed by atoms with Crippen LogP contribution in [-0.2, 0) is 6.54 Å². The topological polar surface area (TPSA) is 80.3 Å². The summed E-state index contributed by atoms with van der Waals surface area (Å²) in [5.41, 5.74) is 6.17. The van der Waals surface area contributed by atoms with E-state index in [1.165, 1.54) is 0 Å². The van der Waals surface area contributed by atoms with Crippen LogP contribution in [0.5, 0.6) is 0 Å². The Labute approximate surface area is 102 Å². The molecule has 0 unspecified atom stereocenters. The summed E-state index contributed by atoms with van der Waals surface area (Å²) in [4.78, 5) is 12.0. The number of hydrogen-bond acceptors (Lipinski definition) is 3. The van der Waals surface area contributed by atoms with Gasteiger partial charge < -0.3 is 20.7 Å². The third-order valence-electron chi connectivity index (χ3n) is 2.46. The fourth-order valence-electron chi connectivity index (χ4n) is 1.56. The molecule has 0 saturated heterocycles. The number of aryl methyl sites for hydroxylation is 1. The molecule has 0 fully saturated rings. The molecule has 5 heteroatoms. The Morgan fingerprint density at radius 3 is 2.76 bits per heavy atom. The highest BCUT2D eigenvalue weighted by Crippen LogP contribution is 2.13. The van der Waals surface area contributed by atoms with E-state index in [0.717, 1.165) is 13.0 Å². The summed E-state index contributed by atoms with van der Waals surface area (Å²) < 4.78 is 1.83. The van der Waals surface area contributed by atoms with Gasteiger partial charge in [-0.2, -0.15) is 0 Å². The van der Waals surface area contributed by atoms with Gasteiger partial charge >= 0.3 is 0 Å². The Hall–Kier alpha value is -1.49. The molecule has 0 aliphatic rings. The van der Waals surface area contributed by atoms with Crippen molar-refractivity contribution in [2.75, 3.05) is 12.3 Å². The fraction of sp³-hybridized carbons (Fsp3) is 0.583. The standard InChI is InChI=1S/C12H21N3O2/c1-4-5-15-7-9(13)6-10(15)11(17)14-12(2,3)8-16/h6-7,16H,4-5,8,13H2,1-3H3,(H,14,17). The summed E-state index contributed by atoms with van der Waals surface area (Å²) in [5, 5.41) is 11.9. The molecule has 1 amide bonds. The van der Waals surface area contributed by atoms with Gasteiger partial charge in [-0.05, 0) is 26.3 Å². The average Bonchev–Trinajstić information content (AvgIpc) is 2.60. The smallest absolute Gasteiger partial charge is 0.268 e. The number of anilines is 1. The number of nitrogen functional groups attached to an aromatic ring is 1. The van der Waals surface area contributed by atoms with Crippen molar-refractivity contribution in [2.24, 2.45) is 0 Å². The first-order chi connectivity index (χ1) is 7.89. The molecule has 1 aromatic rings. The van der Waals surface area contributed by atoms with Crippen LogP contribution in [-0.4, -0.2) is 27.7 Å². The van der Waals surface area contributed by atoms with E-state index in [-0.39, 0.29) is 12.5 Å². The van der Waals surface area contributed by atoms with Crippen molar-refractivity contribution < 1.29 is 9.90 Å². The maximum absolute atomic E-state index is 12.0. The number of carbonyl (C=O) groups is 1. The zero-order valence-electron chi connectivity index (χ0n) is 10.7. The minimum Gasteiger partial charge on any atom is -0.397 e. The summed E-state index contributed by atoms with van der Waals surface area (Å²) >= 11 is 0. The fourth-order valence-corrected chi connectivity index (χ4v) is 1.56. The van der Waals surface area contributed by atoms with Crippen molar-refractivity contribution in [1.29, 1.82) is 0 Å². The zero-order chi connectivity index (χ0) is 13.1. The molecule has 17 heavy (non-hydrogen) atoms. The van der Waals surface area contributed by atoms with Crippen LogP contribution < -0.4 is 11.1 Å². The lowest BCUT2D eigenvalue weighted by Gasteiger charge is -2.23.